The van der Waals surface area contributed by atoms with E-state index in [0.29, 0.717) is 28.2 Å². The number of carbonyl (C=O) groups excluding carboxylic acids is 2. The smallest absolute Gasteiger partial charge is 0.263 e. The van der Waals surface area contributed by atoms with Crippen LogP contribution in [0, 0.1) is 0 Å². The number of nitrogens with one attached hydrogen (secondary N) is 1. The average Bonchev–Trinajstić information content (AvgIpc) is 3.48. The van der Waals surface area contributed by atoms with Crippen molar-refractivity contribution in [3.05, 3.63) is 48.9 Å². The Labute approximate surface area is 198 Å². The van der Waals surface area contributed by atoms with E-state index >= 15 is 0 Å². The van der Waals surface area contributed by atoms with Crippen molar-refractivity contribution in [3.8, 4) is 5.69 Å². The molecule has 4 heterocycles. The Morgan fingerprint density at radius 3 is 2.89 bits per heavy atom. The maximum Gasteiger partial charge on any atom is 0.263 e. The van der Waals surface area contributed by atoms with Crippen LogP contribution in [0.1, 0.15) is 13.8 Å². The van der Waals surface area contributed by atoms with Gasteiger partial charge >= 0.3 is 0 Å². The molecular weight excluding hydrogens is 456 g/mol. The SMILES string of the molecule is CC(O)(C(=O)Nc1ccc2c(N)noc2c1)[C@@]1(C)OCCN(c2ccn(-c3ccnnc3)n2)C1=O. The van der Waals surface area contributed by atoms with E-state index in [1.54, 1.807) is 35.1 Å². The number of nitrogens with two attached hydrogens (primary N) is 1. The van der Waals surface area contributed by atoms with Gasteiger partial charge in [-0.3, -0.25) is 14.5 Å². The number of benzene rings is 1. The van der Waals surface area contributed by atoms with E-state index in [2.05, 4.69) is 25.8 Å². The van der Waals surface area contributed by atoms with Crippen molar-refractivity contribution in [1.29, 1.82) is 0 Å². The minimum absolute atomic E-state index is 0.0820. The summed E-state index contributed by atoms with van der Waals surface area (Å²) in [5.41, 5.74) is 2.94. The lowest BCUT2D eigenvalue weighted by Gasteiger charge is -2.45. The molecule has 13 heteroatoms. The molecule has 0 aliphatic carbocycles. The van der Waals surface area contributed by atoms with Crippen LogP contribution in [0.4, 0.5) is 17.3 Å². The second kappa shape index (κ2) is 8.14. The third-order valence-electron chi connectivity index (χ3n) is 6.17. The molecule has 1 aromatic carbocycles. The highest BCUT2D eigenvalue weighted by atomic mass is 16.5. The molecule has 1 aliphatic rings. The summed E-state index contributed by atoms with van der Waals surface area (Å²) in [6, 6.07) is 8.10. The van der Waals surface area contributed by atoms with Gasteiger partial charge in [0.1, 0.15) is 0 Å². The number of fused-ring (bicyclic) bond motifs is 1. The molecule has 1 aliphatic heterocycles. The molecule has 1 fully saturated rings. The molecule has 13 nitrogen and oxygen atoms in total. The van der Waals surface area contributed by atoms with Gasteiger partial charge in [-0.25, -0.2) is 4.68 Å². The number of nitrogens with zero attached hydrogens (tertiary/aromatic N) is 6. The second-order valence-electron chi connectivity index (χ2n) is 8.36. The maximum atomic E-state index is 13.5. The number of carbonyl (C=O) groups is 2. The zero-order chi connectivity index (χ0) is 24.8. The third kappa shape index (κ3) is 3.66. The number of amides is 2. The van der Waals surface area contributed by atoms with Gasteiger partial charge in [0.25, 0.3) is 11.8 Å². The van der Waals surface area contributed by atoms with Crippen molar-refractivity contribution >= 4 is 40.1 Å². The monoisotopic (exact) mass is 478 g/mol. The van der Waals surface area contributed by atoms with E-state index in [-0.39, 0.29) is 19.0 Å². The number of nitrogen functional groups attached to an aromatic ring is 1. The van der Waals surface area contributed by atoms with Gasteiger partial charge in [-0.1, -0.05) is 5.16 Å². The van der Waals surface area contributed by atoms with Crippen LogP contribution in [0.5, 0.6) is 0 Å². The van der Waals surface area contributed by atoms with Crippen LogP contribution < -0.4 is 16.0 Å². The molecule has 4 aromatic rings. The molecule has 0 radical (unpaired) electrons. The Hall–Kier alpha value is -4.36. The van der Waals surface area contributed by atoms with E-state index in [1.807, 2.05) is 0 Å². The Balaban J connectivity index is 1.38. The summed E-state index contributed by atoms with van der Waals surface area (Å²) in [6.45, 7) is 2.89. The Morgan fingerprint density at radius 1 is 1.29 bits per heavy atom. The second-order valence-corrected chi connectivity index (χ2v) is 8.36. The third-order valence-corrected chi connectivity index (χ3v) is 6.17. The first-order valence-corrected chi connectivity index (χ1v) is 10.7. The standard InChI is InChI=1S/C22H22N8O5/c1-21(33,19(31)26-13-3-4-15-16(11-13)35-28-18(15)23)22(2)20(32)29(9-10-34-22)17-6-8-30(27-17)14-5-7-24-25-12-14/h3-8,11-12,33H,9-10H2,1-2H3,(H2,23,28)(H,26,31)/t21?,22-/m0/s1. The molecule has 2 amide bonds. The maximum absolute atomic E-state index is 13.5. The quantitative estimate of drug-likeness (QED) is 0.374. The van der Waals surface area contributed by atoms with E-state index < -0.39 is 23.0 Å². The topological polar surface area (TPSA) is 175 Å². The van der Waals surface area contributed by atoms with Crippen LogP contribution in [0.25, 0.3) is 16.7 Å². The first-order chi connectivity index (χ1) is 16.7. The normalized spacial score (nSPS) is 20.1. The van der Waals surface area contributed by atoms with Gasteiger partial charge in [-0.2, -0.15) is 10.2 Å². The van der Waals surface area contributed by atoms with Gasteiger partial charge in [0.2, 0.25) is 0 Å². The zero-order valence-electron chi connectivity index (χ0n) is 18.9. The Kier molecular flexibility index (Phi) is 5.22. The van der Waals surface area contributed by atoms with E-state index in [0.717, 1.165) is 0 Å². The van der Waals surface area contributed by atoms with Crippen LogP contribution in [0.15, 0.2) is 53.4 Å². The highest BCUT2D eigenvalue weighted by molar-refractivity contribution is 6.08. The number of ether oxygens (including phenoxy) is 1. The number of hydrogen-bond donors (Lipinski definition) is 3. The van der Waals surface area contributed by atoms with Crippen molar-refractivity contribution in [2.45, 2.75) is 25.0 Å². The lowest BCUT2D eigenvalue weighted by molar-refractivity contribution is -0.190. The average molecular weight is 478 g/mol. The van der Waals surface area contributed by atoms with Crippen LogP contribution >= 0.6 is 0 Å². The highest BCUT2D eigenvalue weighted by Gasteiger charge is 2.58. The number of aliphatic hydroxyl groups is 1. The predicted octanol–water partition coefficient (Wildman–Crippen LogP) is 0.897. The minimum atomic E-state index is -2.24. The number of rotatable bonds is 5. The molecule has 3 aromatic heterocycles. The van der Waals surface area contributed by atoms with Crippen LogP contribution in [0.2, 0.25) is 0 Å². The van der Waals surface area contributed by atoms with E-state index in [1.165, 1.54) is 37.2 Å². The van der Waals surface area contributed by atoms with Crippen molar-refractivity contribution in [3.63, 3.8) is 0 Å². The van der Waals surface area contributed by atoms with Crippen molar-refractivity contribution in [2.24, 2.45) is 0 Å². The van der Waals surface area contributed by atoms with Crippen LogP contribution in [0.3, 0.4) is 0 Å². The minimum Gasteiger partial charge on any atom is -0.380 e. The van der Waals surface area contributed by atoms with Gasteiger partial charge in [0, 0.05) is 24.0 Å². The molecule has 180 valence electrons. The molecule has 1 unspecified atom stereocenters. The fraction of sp³-hybridized carbons (Fsp3) is 0.273. The van der Waals surface area contributed by atoms with Crippen molar-refractivity contribution < 1.29 is 24.0 Å². The van der Waals surface area contributed by atoms with Crippen LogP contribution in [-0.4, -0.2) is 66.4 Å². The van der Waals surface area contributed by atoms with E-state index in [4.69, 9.17) is 15.0 Å². The lowest BCUT2D eigenvalue weighted by atomic mass is 9.82. The lowest BCUT2D eigenvalue weighted by Crippen LogP contribution is -2.69. The molecule has 35 heavy (non-hydrogen) atoms. The predicted molar refractivity (Wildman–Crippen MR) is 124 cm³/mol. The van der Waals surface area contributed by atoms with Gasteiger partial charge in [-0.05, 0) is 32.0 Å². The van der Waals surface area contributed by atoms with Gasteiger partial charge in [0.05, 0.1) is 36.6 Å². The summed E-state index contributed by atoms with van der Waals surface area (Å²) in [4.78, 5) is 28.0. The fourth-order valence-electron chi connectivity index (χ4n) is 3.85. The summed E-state index contributed by atoms with van der Waals surface area (Å²) < 4.78 is 12.4. The molecule has 0 saturated carbocycles. The summed E-state index contributed by atoms with van der Waals surface area (Å²) in [5, 5.41) is 30.1. The molecular formula is C22H22N8O5. The molecule has 1 saturated heterocycles. The van der Waals surface area contributed by atoms with E-state index in [9.17, 15) is 14.7 Å². The zero-order valence-corrected chi connectivity index (χ0v) is 18.9. The number of aromatic nitrogens is 5. The summed E-state index contributed by atoms with van der Waals surface area (Å²) in [7, 11) is 0. The molecule has 0 bridgehead atoms. The molecule has 2 atom stereocenters. The first-order valence-electron chi connectivity index (χ1n) is 10.7. The van der Waals surface area contributed by atoms with Gasteiger partial charge in [-0.15, -0.1) is 5.10 Å². The number of morpholine rings is 1. The molecule has 4 N–H and O–H groups in total. The fourth-order valence-corrected chi connectivity index (χ4v) is 3.85. The largest absolute Gasteiger partial charge is 0.380 e. The summed E-state index contributed by atoms with van der Waals surface area (Å²) in [5.74, 6) is -0.886. The highest BCUT2D eigenvalue weighted by Crippen LogP contribution is 2.34. The molecule has 5 rings (SSSR count). The summed E-state index contributed by atoms with van der Waals surface area (Å²) >= 11 is 0. The number of hydrogen-bond acceptors (Lipinski definition) is 10. The Morgan fingerprint density at radius 2 is 2.11 bits per heavy atom. The summed E-state index contributed by atoms with van der Waals surface area (Å²) in [6.07, 6.45) is 4.73. The molecule has 0 spiro atoms. The van der Waals surface area contributed by atoms with Crippen molar-refractivity contribution in [1.82, 2.24) is 25.1 Å². The van der Waals surface area contributed by atoms with Gasteiger partial charge < -0.3 is 25.4 Å². The number of anilines is 3. The first kappa shape index (κ1) is 22.4. The van der Waals surface area contributed by atoms with Crippen LogP contribution in [-0.2, 0) is 14.3 Å². The van der Waals surface area contributed by atoms with Gasteiger partial charge in [0.15, 0.2) is 28.4 Å². The Bertz CT molecular complexity index is 1420. The van der Waals surface area contributed by atoms with Crippen molar-refractivity contribution in [2.75, 3.05) is 29.1 Å².